The van der Waals surface area contributed by atoms with Crippen LogP contribution >= 0.6 is 11.6 Å². The van der Waals surface area contributed by atoms with Crippen molar-refractivity contribution in [2.75, 3.05) is 0 Å². The summed E-state index contributed by atoms with van der Waals surface area (Å²) in [5, 5.41) is 10.1. The predicted molar refractivity (Wildman–Crippen MR) is 82.1 cm³/mol. The molecule has 2 aromatic carbocycles. The second kappa shape index (κ2) is 6.10. The molecule has 2 rings (SSSR count). The van der Waals surface area contributed by atoms with E-state index in [1.807, 2.05) is 56.3 Å². The third-order valence-corrected chi connectivity index (χ3v) is 3.60. The molecule has 0 aliphatic carbocycles. The zero-order valence-corrected chi connectivity index (χ0v) is 12.3. The molecule has 0 radical (unpaired) electrons. The Balaban J connectivity index is 2.62. The summed E-state index contributed by atoms with van der Waals surface area (Å²) >= 11 is 6.08. The molecule has 2 nitrogen and oxygen atoms in total. The fourth-order valence-corrected chi connectivity index (χ4v) is 2.62. The van der Waals surface area contributed by atoms with E-state index in [0.717, 1.165) is 16.7 Å². The summed E-state index contributed by atoms with van der Waals surface area (Å²) in [6.45, 7) is 3.84. The zero-order valence-electron chi connectivity index (χ0n) is 11.5. The molecule has 0 aromatic heterocycles. The van der Waals surface area contributed by atoms with E-state index in [2.05, 4.69) is 0 Å². The lowest BCUT2D eigenvalue weighted by Gasteiger charge is -2.20. The largest absolute Gasteiger partial charge is 0.481 e. The van der Waals surface area contributed by atoms with Gasteiger partial charge in [0.1, 0.15) is 0 Å². The van der Waals surface area contributed by atoms with Crippen LogP contribution in [0.2, 0.25) is 5.02 Å². The number of carboxylic acids is 1. The Morgan fingerprint density at radius 3 is 2.30 bits per heavy atom. The van der Waals surface area contributed by atoms with Gasteiger partial charge in [-0.05, 0) is 34.7 Å². The number of halogens is 1. The van der Waals surface area contributed by atoms with Gasteiger partial charge in [0.25, 0.3) is 0 Å². The van der Waals surface area contributed by atoms with Crippen molar-refractivity contribution in [3.63, 3.8) is 0 Å². The number of rotatable bonds is 4. The third kappa shape index (κ3) is 3.02. The van der Waals surface area contributed by atoms with Gasteiger partial charge >= 0.3 is 5.97 Å². The Kier molecular flexibility index (Phi) is 4.46. The molecule has 0 saturated carbocycles. The van der Waals surface area contributed by atoms with E-state index in [0.29, 0.717) is 5.02 Å². The van der Waals surface area contributed by atoms with Crippen molar-refractivity contribution in [3.05, 3.63) is 59.1 Å². The van der Waals surface area contributed by atoms with E-state index in [-0.39, 0.29) is 5.92 Å². The molecule has 0 amide bonds. The van der Waals surface area contributed by atoms with Gasteiger partial charge in [0, 0.05) is 5.02 Å². The van der Waals surface area contributed by atoms with Gasteiger partial charge in [0.15, 0.2) is 0 Å². The van der Waals surface area contributed by atoms with Crippen LogP contribution in [0.25, 0.3) is 11.1 Å². The van der Waals surface area contributed by atoms with Gasteiger partial charge in [-0.3, -0.25) is 4.79 Å². The standard InChI is InChI=1S/C17H17ClO2/c1-11(2)16(17(19)20)14-9-8-13(18)10-15(14)12-6-4-3-5-7-12/h3-11,16H,1-2H3,(H,19,20). The molecular formula is C17H17ClO2. The molecule has 0 heterocycles. The highest BCUT2D eigenvalue weighted by atomic mass is 35.5. The minimum atomic E-state index is -0.806. The topological polar surface area (TPSA) is 37.3 Å². The third-order valence-electron chi connectivity index (χ3n) is 3.37. The molecule has 3 heteroatoms. The van der Waals surface area contributed by atoms with E-state index in [9.17, 15) is 9.90 Å². The molecule has 20 heavy (non-hydrogen) atoms. The van der Waals surface area contributed by atoms with E-state index in [4.69, 9.17) is 11.6 Å². The average molecular weight is 289 g/mol. The first-order valence-corrected chi connectivity index (χ1v) is 6.96. The maximum atomic E-state index is 11.6. The molecule has 0 fully saturated rings. The number of carboxylic acid groups (broad SMARTS) is 1. The number of benzene rings is 2. The Bertz CT molecular complexity index is 606. The first-order valence-electron chi connectivity index (χ1n) is 6.58. The van der Waals surface area contributed by atoms with Gasteiger partial charge in [0.2, 0.25) is 0 Å². The quantitative estimate of drug-likeness (QED) is 0.875. The normalized spacial score (nSPS) is 12.4. The van der Waals surface area contributed by atoms with Crippen LogP contribution in [0.4, 0.5) is 0 Å². The lowest BCUT2D eigenvalue weighted by atomic mass is 9.84. The lowest BCUT2D eigenvalue weighted by Crippen LogP contribution is -2.18. The van der Waals surface area contributed by atoms with Gasteiger partial charge < -0.3 is 5.11 Å². The van der Waals surface area contributed by atoms with Gasteiger partial charge in [0.05, 0.1) is 5.92 Å². The van der Waals surface area contributed by atoms with Gasteiger partial charge in [-0.15, -0.1) is 0 Å². The number of carbonyl (C=O) groups is 1. The van der Waals surface area contributed by atoms with Crippen LogP contribution in [0.5, 0.6) is 0 Å². The van der Waals surface area contributed by atoms with Crippen molar-refractivity contribution < 1.29 is 9.90 Å². The maximum absolute atomic E-state index is 11.6. The fourth-order valence-electron chi connectivity index (χ4n) is 2.44. The van der Waals surface area contributed by atoms with Crippen molar-refractivity contribution in [3.8, 4) is 11.1 Å². The number of hydrogen-bond acceptors (Lipinski definition) is 1. The molecular weight excluding hydrogens is 272 g/mol. The first-order chi connectivity index (χ1) is 9.50. The SMILES string of the molecule is CC(C)C(C(=O)O)c1ccc(Cl)cc1-c1ccccc1. The highest BCUT2D eigenvalue weighted by molar-refractivity contribution is 6.30. The van der Waals surface area contributed by atoms with Crippen LogP contribution in [-0.2, 0) is 4.79 Å². The predicted octanol–water partition coefficient (Wildman–Crippen LogP) is 4.83. The summed E-state index contributed by atoms with van der Waals surface area (Å²) in [6, 6.07) is 15.2. The van der Waals surface area contributed by atoms with Crippen LogP contribution in [0, 0.1) is 5.92 Å². The summed E-state index contributed by atoms with van der Waals surface area (Å²) < 4.78 is 0. The minimum Gasteiger partial charge on any atom is -0.481 e. The second-order valence-corrected chi connectivity index (χ2v) is 5.59. The fraction of sp³-hybridized carbons (Fsp3) is 0.235. The lowest BCUT2D eigenvalue weighted by molar-refractivity contribution is -0.139. The molecule has 2 aromatic rings. The Morgan fingerprint density at radius 1 is 1.10 bits per heavy atom. The smallest absolute Gasteiger partial charge is 0.311 e. The van der Waals surface area contributed by atoms with Gasteiger partial charge in [-0.25, -0.2) is 0 Å². The Labute approximate surface area is 124 Å². The highest BCUT2D eigenvalue weighted by Crippen LogP contribution is 2.35. The van der Waals surface area contributed by atoms with E-state index in [1.54, 1.807) is 6.07 Å². The minimum absolute atomic E-state index is 0.0103. The van der Waals surface area contributed by atoms with E-state index < -0.39 is 11.9 Å². The van der Waals surface area contributed by atoms with Gasteiger partial charge in [-0.2, -0.15) is 0 Å². The van der Waals surface area contributed by atoms with Crippen LogP contribution < -0.4 is 0 Å². The summed E-state index contributed by atoms with van der Waals surface area (Å²) in [4.78, 5) is 11.6. The second-order valence-electron chi connectivity index (χ2n) is 5.16. The van der Waals surface area contributed by atoms with Crippen LogP contribution in [-0.4, -0.2) is 11.1 Å². The van der Waals surface area contributed by atoms with Crippen LogP contribution in [0.15, 0.2) is 48.5 Å². The van der Waals surface area contributed by atoms with E-state index in [1.165, 1.54) is 0 Å². The molecule has 0 aliphatic rings. The summed E-state index contributed by atoms with van der Waals surface area (Å²) in [6.07, 6.45) is 0. The van der Waals surface area contributed by atoms with Crippen molar-refractivity contribution >= 4 is 17.6 Å². The summed E-state index contributed by atoms with van der Waals surface area (Å²) in [5.41, 5.74) is 2.68. The Hall–Kier alpha value is -1.80. The summed E-state index contributed by atoms with van der Waals surface area (Å²) in [7, 11) is 0. The number of hydrogen-bond donors (Lipinski definition) is 1. The molecule has 104 valence electrons. The summed E-state index contributed by atoms with van der Waals surface area (Å²) in [5.74, 6) is -1.34. The monoisotopic (exact) mass is 288 g/mol. The van der Waals surface area contributed by atoms with Crippen molar-refractivity contribution in [1.82, 2.24) is 0 Å². The van der Waals surface area contributed by atoms with Crippen molar-refractivity contribution in [2.45, 2.75) is 19.8 Å². The highest BCUT2D eigenvalue weighted by Gasteiger charge is 2.26. The number of aliphatic carboxylic acids is 1. The molecule has 0 spiro atoms. The van der Waals surface area contributed by atoms with Crippen LogP contribution in [0.3, 0.4) is 0 Å². The zero-order chi connectivity index (χ0) is 14.7. The van der Waals surface area contributed by atoms with Crippen molar-refractivity contribution in [2.24, 2.45) is 5.92 Å². The molecule has 0 bridgehead atoms. The van der Waals surface area contributed by atoms with Crippen LogP contribution in [0.1, 0.15) is 25.3 Å². The average Bonchev–Trinajstić information content (AvgIpc) is 2.41. The molecule has 1 N–H and O–H groups in total. The maximum Gasteiger partial charge on any atom is 0.311 e. The molecule has 1 atom stereocenters. The molecule has 1 unspecified atom stereocenters. The molecule has 0 saturated heterocycles. The van der Waals surface area contributed by atoms with E-state index >= 15 is 0 Å². The van der Waals surface area contributed by atoms with Gasteiger partial charge in [-0.1, -0.05) is 61.8 Å². The Morgan fingerprint density at radius 2 is 1.75 bits per heavy atom. The van der Waals surface area contributed by atoms with Crippen molar-refractivity contribution in [1.29, 1.82) is 0 Å². The molecule has 0 aliphatic heterocycles. The first kappa shape index (κ1) is 14.6.